The van der Waals surface area contributed by atoms with Crippen molar-refractivity contribution in [1.82, 2.24) is 4.90 Å². The molecule has 4 aliphatic rings. The number of ether oxygens (including phenoxy) is 1. The van der Waals surface area contributed by atoms with E-state index in [0.717, 1.165) is 16.5 Å². The highest BCUT2D eigenvalue weighted by Crippen LogP contribution is 2.64. The number of hydrogen-bond donors (Lipinski definition) is 1. The molecule has 1 N–H and O–H groups in total. The number of benzene rings is 2. The van der Waals surface area contributed by atoms with Crippen molar-refractivity contribution in [2.24, 2.45) is 29.1 Å². The number of rotatable bonds is 5. The van der Waals surface area contributed by atoms with Gasteiger partial charge in [-0.25, -0.2) is 9.29 Å². The number of methoxy groups -OCH3 is 1. The van der Waals surface area contributed by atoms with Gasteiger partial charge in [-0.2, -0.15) is 0 Å². The minimum absolute atomic E-state index is 0.0273. The molecule has 2 heterocycles. The third kappa shape index (κ3) is 3.77. The summed E-state index contributed by atoms with van der Waals surface area (Å²) in [6.07, 6.45) is 3.14. The Kier molecular flexibility index (Phi) is 6.48. The van der Waals surface area contributed by atoms with Gasteiger partial charge in [-0.1, -0.05) is 36.2 Å². The Labute approximate surface area is 241 Å². The molecule has 6 rings (SSSR count). The predicted molar refractivity (Wildman–Crippen MR) is 148 cm³/mol. The van der Waals surface area contributed by atoms with E-state index >= 15 is 0 Å². The quantitative estimate of drug-likeness (QED) is 0.401. The fraction of sp³-hybridized carbons (Fsp3) is 0.419. The number of phenolic OH excluding ortho intramolecular Hbond substituents is 1. The summed E-state index contributed by atoms with van der Waals surface area (Å²) >= 11 is 6.04. The maximum atomic E-state index is 14.4. The molecule has 2 aromatic rings. The first-order valence-electron chi connectivity index (χ1n) is 13.8. The van der Waals surface area contributed by atoms with Crippen molar-refractivity contribution in [3.05, 3.63) is 64.5 Å². The maximum absolute atomic E-state index is 14.4. The number of carbonyl (C=O) groups is 4. The highest BCUT2D eigenvalue weighted by atomic mass is 35.5. The number of anilines is 1. The van der Waals surface area contributed by atoms with Gasteiger partial charge < -0.3 is 9.84 Å². The molecule has 0 bridgehead atoms. The second-order valence-electron chi connectivity index (χ2n) is 11.5. The van der Waals surface area contributed by atoms with Crippen LogP contribution in [0, 0.1) is 34.9 Å². The lowest BCUT2D eigenvalue weighted by atomic mass is 9.51. The Morgan fingerprint density at radius 1 is 1.07 bits per heavy atom. The fourth-order valence-electron chi connectivity index (χ4n) is 7.68. The third-order valence-electron chi connectivity index (χ3n) is 9.50. The fourth-order valence-corrected chi connectivity index (χ4v) is 7.85. The van der Waals surface area contributed by atoms with Crippen LogP contribution in [0.1, 0.15) is 44.6 Å². The maximum Gasteiger partial charge on any atom is 0.241 e. The van der Waals surface area contributed by atoms with Gasteiger partial charge in [0.25, 0.3) is 0 Å². The Balaban J connectivity index is 1.54. The van der Waals surface area contributed by atoms with E-state index in [4.69, 9.17) is 16.3 Å². The van der Waals surface area contributed by atoms with Gasteiger partial charge in [0.1, 0.15) is 17.3 Å². The summed E-state index contributed by atoms with van der Waals surface area (Å²) in [5, 5.41) is 9.98. The smallest absolute Gasteiger partial charge is 0.241 e. The Morgan fingerprint density at radius 3 is 2.51 bits per heavy atom. The second-order valence-corrected chi connectivity index (χ2v) is 11.9. The molecule has 0 aromatic heterocycles. The summed E-state index contributed by atoms with van der Waals surface area (Å²) in [7, 11) is 1.46. The molecule has 2 saturated heterocycles. The summed E-state index contributed by atoms with van der Waals surface area (Å²) in [6, 6.07) is 8.34. The largest absolute Gasteiger partial charge is 0.508 e. The molecule has 2 aliphatic heterocycles. The van der Waals surface area contributed by atoms with Crippen LogP contribution >= 0.6 is 11.6 Å². The molecule has 4 amide bonds. The zero-order valence-corrected chi connectivity index (χ0v) is 23.7. The molecule has 0 radical (unpaired) electrons. The van der Waals surface area contributed by atoms with E-state index in [2.05, 4.69) is 0 Å². The van der Waals surface area contributed by atoms with E-state index in [1.165, 1.54) is 36.3 Å². The van der Waals surface area contributed by atoms with E-state index in [9.17, 15) is 28.7 Å². The van der Waals surface area contributed by atoms with Gasteiger partial charge in [0.15, 0.2) is 0 Å². The second kappa shape index (κ2) is 9.69. The van der Waals surface area contributed by atoms with Gasteiger partial charge in [-0.15, -0.1) is 0 Å². The molecule has 214 valence electrons. The van der Waals surface area contributed by atoms with Crippen molar-refractivity contribution in [3.8, 4) is 11.5 Å². The molecule has 6 atom stereocenters. The van der Waals surface area contributed by atoms with Crippen molar-refractivity contribution < 1.29 is 33.4 Å². The average Bonchev–Trinajstić information content (AvgIpc) is 3.30. The molecular formula is C31H30ClFN2O6. The van der Waals surface area contributed by atoms with Crippen LogP contribution in [0.25, 0.3) is 0 Å². The standard InChI is InChI=1S/C31H30ClFN2O6/c1-4-11-34-27(37)19-9-8-17-20(25(19)29(34)39)14-21-28(38)35(15-5-10-23(33)22(32)12-15)30(40)31(21,2)26(17)18-7-6-16(36)13-24(18)41-3/h5-8,10,12-13,19-21,25-26,36H,4,9,11,14H2,1-3H3. The molecule has 2 aromatic carbocycles. The number of allylic oxidation sites excluding steroid dienone is 2. The first-order valence-corrected chi connectivity index (χ1v) is 14.2. The van der Waals surface area contributed by atoms with Gasteiger partial charge in [-0.3, -0.25) is 24.1 Å². The number of fused-ring (bicyclic) bond motifs is 4. The summed E-state index contributed by atoms with van der Waals surface area (Å²) in [6.45, 7) is 3.98. The zero-order valence-electron chi connectivity index (χ0n) is 22.9. The van der Waals surface area contributed by atoms with Gasteiger partial charge >= 0.3 is 0 Å². The van der Waals surface area contributed by atoms with Gasteiger partial charge in [-0.05, 0) is 56.4 Å². The topological polar surface area (TPSA) is 104 Å². The van der Waals surface area contributed by atoms with Crippen LogP contribution in [0.3, 0.4) is 0 Å². The number of amides is 4. The van der Waals surface area contributed by atoms with Crippen molar-refractivity contribution in [3.63, 3.8) is 0 Å². The highest BCUT2D eigenvalue weighted by molar-refractivity contribution is 6.31. The lowest BCUT2D eigenvalue weighted by Crippen LogP contribution is -2.49. The number of imide groups is 2. The Hall–Kier alpha value is -3.72. The Morgan fingerprint density at radius 2 is 1.83 bits per heavy atom. The number of carbonyl (C=O) groups excluding carboxylic acids is 4. The number of nitrogens with zero attached hydrogens (tertiary/aromatic N) is 2. The van der Waals surface area contributed by atoms with Crippen LogP contribution < -0.4 is 9.64 Å². The van der Waals surface area contributed by atoms with Crippen molar-refractivity contribution in [2.75, 3.05) is 18.6 Å². The molecule has 41 heavy (non-hydrogen) atoms. The monoisotopic (exact) mass is 580 g/mol. The van der Waals surface area contributed by atoms with Gasteiger partial charge in [0.05, 0.1) is 41.0 Å². The summed E-state index contributed by atoms with van der Waals surface area (Å²) in [4.78, 5) is 57.9. The number of phenols is 1. The number of aromatic hydroxyl groups is 1. The summed E-state index contributed by atoms with van der Waals surface area (Å²) in [5.41, 5.74) is 0.268. The van der Waals surface area contributed by atoms with Crippen LogP contribution in [0.15, 0.2) is 48.0 Å². The summed E-state index contributed by atoms with van der Waals surface area (Å²) < 4.78 is 19.6. The molecule has 1 saturated carbocycles. The van der Waals surface area contributed by atoms with Crippen molar-refractivity contribution >= 4 is 40.9 Å². The van der Waals surface area contributed by atoms with E-state index in [-0.39, 0.29) is 34.7 Å². The SMILES string of the molecule is CCCN1C(=O)C2CC=C3C(CC4C(=O)N(c5ccc(F)c(Cl)c5)C(=O)C4(C)C3c3ccc(O)cc3OC)C2C1=O. The van der Waals surface area contributed by atoms with Crippen LogP contribution in [0.4, 0.5) is 10.1 Å². The van der Waals surface area contributed by atoms with Gasteiger partial charge in [0, 0.05) is 24.1 Å². The van der Waals surface area contributed by atoms with Crippen LogP contribution in [0.5, 0.6) is 11.5 Å². The average molecular weight is 581 g/mol. The Bertz CT molecular complexity index is 1540. The first-order chi connectivity index (χ1) is 19.5. The van der Waals surface area contributed by atoms with E-state index in [1.54, 1.807) is 13.0 Å². The molecule has 6 unspecified atom stereocenters. The van der Waals surface area contributed by atoms with Crippen molar-refractivity contribution in [2.45, 2.75) is 39.0 Å². The normalized spacial score (nSPS) is 30.8. The van der Waals surface area contributed by atoms with E-state index in [0.29, 0.717) is 30.7 Å². The molecule has 8 nitrogen and oxygen atoms in total. The van der Waals surface area contributed by atoms with Crippen LogP contribution in [0.2, 0.25) is 5.02 Å². The lowest BCUT2D eigenvalue weighted by molar-refractivity contribution is -0.140. The highest BCUT2D eigenvalue weighted by Gasteiger charge is 2.67. The van der Waals surface area contributed by atoms with Crippen molar-refractivity contribution in [1.29, 1.82) is 0 Å². The molecule has 3 fully saturated rings. The third-order valence-corrected chi connectivity index (χ3v) is 9.79. The molecule has 10 heteroatoms. The minimum Gasteiger partial charge on any atom is -0.508 e. The zero-order chi connectivity index (χ0) is 29.4. The van der Waals surface area contributed by atoms with E-state index < -0.39 is 52.6 Å². The summed E-state index contributed by atoms with van der Waals surface area (Å²) in [5.74, 6) is -4.88. The number of halogens is 2. The predicted octanol–water partition coefficient (Wildman–Crippen LogP) is 4.83. The van der Waals surface area contributed by atoms with E-state index in [1.807, 2.05) is 13.0 Å². The number of likely N-dealkylation sites (tertiary alicyclic amines) is 1. The van der Waals surface area contributed by atoms with Gasteiger partial charge in [0.2, 0.25) is 23.6 Å². The van der Waals surface area contributed by atoms with Crippen LogP contribution in [-0.2, 0) is 19.2 Å². The minimum atomic E-state index is -1.30. The molecule has 0 spiro atoms. The first kappa shape index (κ1) is 27.4. The lowest BCUT2D eigenvalue weighted by Gasteiger charge is -2.49. The molecular weight excluding hydrogens is 551 g/mol. The molecule has 2 aliphatic carbocycles. The van der Waals surface area contributed by atoms with Crippen LogP contribution in [-0.4, -0.2) is 47.3 Å². The number of hydrogen-bond acceptors (Lipinski definition) is 6.